The predicted molar refractivity (Wildman–Crippen MR) is 145 cm³/mol. The molecule has 0 saturated carbocycles. The van der Waals surface area contributed by atoms with E-state index in [9.17, 15) is 4.79 Å². The number of amides is 1. The van der Waals surface area contributed by atoms with E-state index in [0.29, 0.717) is 5.69 Å². The fourth-order valence-electron chi connectivity index (χ4n) is 4.15. The largest absolute Gasteiger partial charge is 0.346 e. The minimum atomic E-state index is -3.48. The van der Waals surface area contributed by atoms with Crippen LogP contribution in [0.5, 0.6) is 0 Å². The summed E-state index contributed by atoms with van der Waals surface area (Å²) in [6.07, 6.45) is 2.61. The number of aromatic amines is 1. The number of nitrogens with one attached hydrogen (secondary N) is 3. The number of benzene rings is 2. The molecule has 8 nitrogen and oxygen atoms in total. The molecule has 0 spiro atoms. The van der Waals surface area contributed by atoms with Crippen molar-refractivity contribution in [2.75, 3.05) is 24.7 Å². The number of nitrogens with zero attached hydrogens (tertiary/aromatic N) is 4. The molecule has 10 heteroatoms. The van der Waals surface area contributed by atoms with E-state index in [1.165, 1.54) is 36.5 Å². The fourth-order valence-corrected chi connectivity index (χ4v) is 4.15. The Kier molecular flexibility index (Phi) is 6.56. The average molecular weight is 514 g/mol. The van der Waals surface area contributed by atoms with Crippen LogP contribution in [0, 0.1) is 0 Å². The number of anilines is 3. The quantitative estimate of drug-likeness (QED) is 0.235. The van der Waals surface area contributed by atoms with Crippen LogP contribution >= 0.6 is 0 Å². The lowest BCUT2D eigenvalue weighted by atomic mass is 10.0. The number of carbonyl (C=O) groups excluding carboxylic acids is 1. The molecule has 0 bridgehead atoms. The smallest absolute Gasteiger partial charge is 0.315 e. The molecule has 0 saturated heterocycles. The zero-order valence-corrected chi connectivity index (χ0v) is 20.8. The summed E-state index contributed by atoms with van der Waals surface area (Å²) >= 11 is 0. The van der Waals surface area contributed by atoms with Crippen molar-refractivity contribution in [2.24, 2.45) is 0 Å². The van der Waals surface area contributed by atoms with Gasteiger partial charge in [-0.1, -0.05) is 24.8 Å². The first-order valence-corrected chi connectivity index (χ1v) is 11.8. The number of rotatable bonds is 8. The van der Waals surface area contributed by atoms with Gasteiger partial charge in [-0.2, -0.15) is 13.8 Å². The number of pyridine rings is 1. The first-order chi connectivity index (χ1) is 18.2. The van der Waals surface area contributed by atoms with Gasteiger partial charge in [-0.05, 0) is 62.6 Å². The summed E-state index contributed by atoms with van der Waals surface area (Å²) in [4.78, 5) is 29.9. The number of carbonyl (C=O) groups is 1. The Morgan fingerprint density at radius 2 is 1.89 bits per heavy atom. The van der Waals surface area contributed by atoms with Crippen LogP contribution < -0.4 is 10.6 Å². The summed E-state index contributed by atoms with van der Waals surface area (Å²) in [5.41, 5.74) is 2.11. The number of fused-ring (bicyclic) bond motifs is 2. The second kappa shape index (κ2) is 9.98. The van der Waals surface area contributed by atoms with Gasteiger partial charge in [0, 0.05) is 40.5 Å². The van der Waals surface area contributed by atoms with Crippen molar-refractivity contribution in [3.8, 4) is 0 Å². The molecule has 5 aromatic rings. The maximum absolute atomic E-state index is 15.9. The van der Waals surface area contributed by atoms with Crippen molar-refractivity contribution in [1.82, 2.24) is 24.8 Å². The molecular weight excluding hydrogens is 488 g/mol. The molecule has 0 fully saturated rings. The molecular formula is C28H25F2N7O. The number of aromatic nitrogens is 4. The van der Waals surface area contributed by atoms with Gasteiger partial charge in [0.15, 0.2) is 0 Å². The minimum Gasteiger partial charge on any atom is -0.346 e. The van der Waals surface area contributed by atoms with Gasteiger partial charge in [-0.3, -0.25) is 9.78 Å². The summed E-state index contributed by atoms with van der Waals surface area (Å²) in [6, 6.07) is 16.5. The van der Waals surface area contributed by atoms with Crippen molar-refractivity contribution in [3.05, 3.63) is 96.5 Å². The topological polar surface area (TPSA) is 98.8 Å². The van der Waals surface area contributed by atoms with Crippen LogP contribution in [0.4, 0.5) is 26.1 Å². The third kappa shape index (κ3) is 5.07. The summed E-state index contributed by atoms with van der Waals surface area (Å²) in [7, 11) is 3.96. The van der Waals surface area contributed by atoms with E-state index in [4.69, 9.17) is 0 Å². The Labute approximate surface area is 217 Å². The molecule has 0 atom stereocenters. The first kappa shape index (κ1) is 25.0. The van der Waals surface area contributed by atoms with Gasteiger partial charge in [0.25, 0.3) is 0 Å². The van der Waals surface area contributed by atoms with Crippen LogP contribution in [-0.4, -0.2) is 44.8 Å². The van der Waals surface area contributed by atoms with Crippen molar-refractivity contribution >= 4 is 45.2 Å². The van der Waals surface area contributed by atoms with Crippen molar-refractivity contribution in [1.29, 1.82) is 0 Å². The van der Waals surface area contributed by atoms with E-state index in [0.717, 1.165) is 29.2 Å². The lowest BCUT2D eigenvalue weighted by Gasteiger charge is -2.19. The SMILES string of the molecule is C=CC(=O)Nc1cccc(C(F)(F)c2nc(Nc3ccc4nc(CN(C)C)ccc4c3)nc3[nH]ccc23)c1. The lowest BCUT2D eigenvalue weighted by molar-refractivity contribution is -0.111. The van der Waals surface area contributed by atoms with E-state index in [1.807, 2.05) is 43.3 Å². The molecule has 0 aliphatic rings. The predicted octanol–water partition coefficient (Wildman–Crippen LogP) is 5.58. The highest BCUT2D eigenvalue weighted by Gasteiger charge is 2.38. The summed E-state index contributed by atoms with van der Waals surface area (Å²) in [5, 5.41) is 6.65. The Hall–Kier alpha value is -4.70. The third-order valence-electron chi connectivity index (χ3n) is 5.87. The second-order valence-corrected chi connectivity index (χ2v) is 9.06. The number of alkyl halides is 2. The summed E-state index contributed by atoms with van der Waals surface area (Å²) < 4.78 is 31.7. The van der Waals surface area contributed by atoms with E-state index < -0.39 is 17.5 Å². The zero-order chi connectivity index (χ0) is 26.9. The summed E-state index contributed by atoms with van der Waals surface area (Å²) in [6.45, 7) is 4.11. The molecule has 1 amide bonds. The number of H-pyrrole nitrogens is 1. The van der Waals surface area contributed by atoms with Gasteiger partial charge in [0.05, 0.1) is 11.2 Å². The van der Waals surface area contributed by atoms with Crippen LogP contribution in [0.25, 0.3) is 21.9 Å². The van der Waals surface area contributed by atoms with Gasteiger partial charge >= 0.3 is 5.92 Å². The molecule has 3 N–H and O–H groups in total. The molecule has 2 aromatic carbocycles. The van der Waals surface area contributed by atoms with E-state index in [2.05, 4.69) is 37.1 Å². The van der Waals surface area contributed by atoms with E-state index in [1.54, 1.807) is 6.07 Å². The number of hydrogen-bond donors (Lipinski definition) is 3. The first-order valence-electron chi connectivity index (χ1n) is 11.8. The van der Waals surface area contributed by atoms with Gasteiger partial charge in [-0.25, -0.2) is 4.98 Å². The maximum Gasteiger partial charge on any atom is 0.315 e. The van der Waals surface area contributed by atoms with Gasteiger partial charge in [0.1, 0.15) is 11.3 Å². The van der Waals surface area contributed by atoms with Crippen molar-refractivity contribution < 1.29 is 13.6 Å². The minimum absolute atomic E-state index is 0.0160. The molecule has 3 heterocycles. The maximum atomic E-state index is 15.9. The molecule has 0 unspecified atom stereocenters. The number of halogens is 2. The van der Waals surface area contributed by atoms with Crippen molar-refractivity contribution in [2.45, 2.75) is 12.5 Å². The van der Waals surface area contributed by atoms with Crippen molar-refractivity contribution in [3.63, 3.8) is 0 Å². The fraction of sp³-hybridized carbons (Fsp3) is 0.143. The monoisotopic (exact) mass is 513 g/mol. The highest BCUT2D eigenvalue weighted by molar-refractivity contribution is 5.99. The highest BCUT2D eigenvalue weighted by atomic mass is 19.3. The third-order valence-corrected chi connectivity index (χ3v) is 5.87. The van der Waals surface area contributed by atoms with Crippen LogP contribution in [0.15, 0.2) is 79.5 Å². The van der Waals surface area contributed by atoms with Crippen LogP contribution in [0.1, 0.15) is 17.0 Å². The van der Waals surface area contributed by atoms with E-state index >= 15 is 8.78 Å². The molecule has 192 valence electrons. The number of hydrogen-bond acceptors (Lipinski definition) is 6. The molecule has 0 radical (unpaired) electrons. The highest BCUT2D eigenvalue weighted by Crippen LogP contribution is 2.39. The summed E-state index contributed by atoms with van der Waals surface area (Å²) in [5.74, 6) is -3.96. The Bertz CT molecular complexity index is 1660. The van der Waals surface area contributed by atoms with Crippen LogP contribution in [0.2, 0.25) is 0 Å². The zero-order valence-electron chi connectivity index (χ0n) is 20.8. The van der Waals surface area contributed by atoms with Gasteiger partial charge in [0.2, 0.25) is 11.9 Å². The van der Waals surface area contributed by atoms with Crippen LogP contribution in [0.3, 0.4) is 0 Å². The molecule has 0 aliphatic carbocycles. The molecule has 38 heavy (non-hydrogen) atoms. The Morgan fingerprint density at radius 3 is 2.68 bits per heavy atom. The molecule has 5 rings (SSSR count). The Morgan fingerprint density at radius 1 is 1.05 bits per heavy atom. The second-order valence-electron chi connectivity index (χ2n) is 9.06. The van der Waals surface area contributed by atoms with Gasteiger partial charge < -0.3 is 20.5 Å². The standard InChI is InChI=1S/C28H25F2N7O/c1-4-24(38)33-19-7-5-6-18(15-19)28(29,30)25-22-12-13-31-26(22)36-27(35-25)34-20-10-11-23-17(14-20)8-9-21(32-23)16-37(2)3/h4-15H,1,16H2,2-3H3,(H,33,38)(H2,31,34,35,36). The van der Waals surface area contributed by atoms with Crippen LogP contribution in [-0.2, 0) is 17.3 Å². The average Bonchev–Trinajstić information content (AvgIpc) is 3.36. The van der Waals surface area contributed by atoms with Gasteiger partial charge in [-0.15, -0.1) is 0 Å². The lowest BCUT2D eigenvalue weighted by Crippen LogP contribution is -2.19. The van der Waals surface area contributed by atoms with E-state index in [-0.39, 0.29) is 28.2 Å². The Balaban J connectivity index is 1.49. The molecule has 3 aromatic heterocycles. The molecule has 0 aliphatic heterocycles. The normalized spacial score (nSPS) is 11.7.